The van der Waals surface area contributed by atoms with Crippen molar-refractivity contribution < 1.29 is 14.0 Å². The summed E-state index contributed by atoms with van der Waals surface area (Å²) in [4.78, 5) is 33.3. The molecule has 2 aliphatic heterocycles. The van der Waals surface area contributed by atoms with E-state index >= 15 is 0 Å². The number of fused-ring (bicyclic) bond motifs is 5. The standard InChI is InChI=1S/C28H38FN3O2/c1-18-19(2)28(5)20(3)27(18,4)23-24(28)26(34)32(25(23)33)13-7-6-12-30-14-16-31(17-15-30)22-10-8-21(29)9-11-22/h8-11,20,23-24H,6-7,12-17H2,1-5H3/t20?,23?,24?,27-,28+. The lowest BCUT2D eigenvalue weighted by atomic mass is 9.66. The predicted octanol–water partition coefficient (Wildman–Crippen LogP) is 4.34. The van der Waals surface area contributed by atoms with Crippen LogP contribution in [0.3, 0.4) is 0 Å². The normalized spacial score (nSPS) is 35.6. The molecule has 5 atom stereocenters. The Labute approximate surface area is 203 Å². The quantitative estimate of drug-likeness (QED) is 0.355. The molecule has 2 aliphatic carbocycles. The number of unbranched alkanes of at least 4 members (excludes halogenated alkanes) is 1. The molecule has 3 fully saturated rings. The van der Waals surface area contributed by atoms with Crippen LogP contribution in [0.1, 0.15) is 47.5 Å². The van der Waals surface area contributed by atoms with Crippen molar-refractivity contribution in [3.05, 3.63) is 41.2 Å². The number of hydrogen-bond acceptors (Lipinski definition) is 4. The van der Waals surface area contributed by atoms with Gasteiger partial charge in [0.15, 0.2) is 0 Å². The minimum Gasteiger partial charge on any atom is -0.369 e. The molecule has 2 amide bonds. The highest BCUT2D eigenvalue weighted by atomic mass is 19.1. The zero-order valence-electron chi connectivity index (χ0n) is 21.2. The highest BCUT2D eigenvalue weighted by Crippen LogP contribution is 2.74. The molecule has 0 radical (unpaired) electrons. The first-order chi connectivity index (χ1) is 16.1. The molecular formula is C28H38FN3O2. The number of rotatable bonds is 6. The fraction of sp³-hybridized carbons (Fsp3) is 0.643. The van der Waals surface area contributed by atoms with Gasteiger partial charge in [-0.05, 0) is 63.4 Å². The van der Waals surface area contributed by atoms with Crippen LogP contribution in [0.15, 0.2) is 35.4 Å². The molecule has 184 valence electrons. The lowest BCUT2D eigenvalue weighted by Crippen LogP contribution is -2.46. The summed E-state index contributed by atoms with van der Waals surface area (Å²) in [6.07, 6.45) is 1.83. The number of nitrogens with zero attached hydrogens (tertiary/aromatic N) is 3. The molecule has 1 saturated carbocycles. The van der Waals surface area contributed by atoms with Crippen LogP contribution in [0.4, 0.5) is 10.1 Å². The van der Waals surface area contributed by atoms with Gasteiger partial charge < -0.3 is 4.90 Å². The van der Waals surface area contributed by atoms with Crippen molar-refractivity contribution >= 4 is 17.5 Å². The Hall–Kier alpha value is -2.21. The van der Waals surface area contributed by atoms with Gasteiger partial charge in [0.05, 0.1) is 11.8 Å². The molecular weight excluding hydrogens is 429 g/mol. The van der Waals surface area contributed by atoms with Crippen LogP contribution >= 0.6 is 0 Å². The van der Waals surface area contributed by atoms with E-state index in [9.17, 15) is 14.0 Å². The molecule has 6 heteroatoms. The first-order valence-electron chi connectivity index (χ1n) is 12.9. The van der Waals surface area contributed by atoms with Crippen LogP contribution in [-0.4, -0.2) is 60.9 Å². The molecule has 0 spiro atoms. The molecule has 2 bridgehead atoms. The van der Waals surface area contributed by atoms with Gasteiger partial charge in [-0.15, -0.1) is 0 Å². The number of halogens is 1. The number of piperazine rings is 1. The van der Waals surface area contributed by atoms with Gasteiger partial charge >= 0.3 is 0 Å². The fourth-order valence-corrected chi connectivity index (χ4v) is 7.73. The minimum atomic E-state index is -0.201. The van der Waals surface area contributed by atoms with Crippen molar-refractivity contribution in [3.63, 3.8) is 0 Å². The summed E-state index contributed by atoms with van der Waals surface area (Å²) >= 11 is 0. The Balaban J connectivity index is 1.13. The van der Waals surface area contributed by atoms with Crippen LogP contribution in [0.2, 0.25) is 0 Å². The Morgan fingerprint density at radius 1 is 0.853 bits per heavy atom. The van der Waals surface area contributed by atoms with Crippen molar-refractivity contribution in [2.75, 3.05) is 44.2 Å². The highest BCUT2D eigenvalue weighted by Gasteiger charge is 2.75. The monoisotopic (exact) mass is 467 g/mol. The number of allylic oxidation sites excluding steroid dienone is 2. The summed E-state index contributed by atoms with van der Waals surface area (Å²) in [6.45, 7) is 16.3. The number of anilines is 1. The molecule has 3 unspecified atom stereocenters. The molecule has 0 N–H and O–H groups in total. The van der Waals surface area contributed by atoms with Gasteiger partial charge in [-0.2, -0.15) is 0 Å². The third-order valence-electron chi connectivity index (χ3n) is 10.3. The largest absolute Gasteiger partial charge is 0.369 e. The van der Waals surface area contributed by atoms with E-state index in [1.807, 2.05) is 12.1 Å². The number of hydrogen-bond donors (Lipinski definition) is 0. The average Bonchev–Trinajstić information content (AvgIpc) is 3.25. The van der Waals surface area contributed by atoms with Gasteiger partial charge in [-0.25, -0.2) is 4.39 Å². The van der Waals surface area contributed by atoms with E-state index in [-0.39, 0.29) is 40.3 Å². The second-order valence-corrected chi connectivity index (χ2v) is 11.3. The van der Waals surface area contributed by atoms with Crippen LogP contribution in [0, 0.1) is 34.4 Å². The van der Waals surface area contributed by atoms with Gasteiger partial charge in [0.2, 0.25) is 11.8 Å². The summed E-state index contributed by atoms with van der Waals surface area (Å²) in [7, 11) is 0. The van der Waals surface area contributed by atoms with Gasteiger partial charge in [-0.3, -0.25) is 19.4 Å². The average molecular weight is 468 g/mol. The zero-order valence-corrected chi connectivity index (χ0v) is 21.2. The minimum absolute atomic E-state index is 0.0628. The van der Waals surface area contributed by atoms with Crippen molar-refractivity contribution in [3.8, 4) is 0 Å². The van der Waals surface area contributed by atoms with Crippen LogP contribution in [-0.2, 0) is 9.59 Å². The maximum absolute atomic E-state index is 13.5. The zero-order chi connectivity index (χ0) is 24.4. The number of likely N-dealkylation sites (tertiary alicyclic amines) is 1. The lowest BCUT2D eigenvalue weighted by Gasteiger charge is -2.36. The molecule has 1 aromatic rings. The molecule has 4 aliphatic rings. The number of carbonyl (C=O) groups is 2. The van der Waals surface area contributed by atoms with Crippen LogP contribution in [0.5, 0.6) is 0 Å². The summed E-state index contributed by atoms with van der Waals surface area (Å²) in [5.41, 5.74) is 3.33. The van der Waals surface area contributed by atoms with Crippen molar-refractivity contribution in [2.45, 2.75) is 47.5 Å². The second kappa shape index (κ2) is 8.18. The van der Waals surface area contributed by atoms with Crippen molar-refractivity contribution in [1.29, 1.82) is 0 Å². The summed E-state index contributed by atoms with van der Waals surface area (Å²) in [5.74, 6) is -0.140. The van der Waals surface area contributed by atoms with E-state index in [1.165, 1.54) is 23.3 Å². The number of carbonyl (C=O) groups excluding carboxylic acids is 2. The third-order valence-corrected chi connectivity index (χ3v) is 10.3. The molecule has 1 aromatic carbocycles. The third kappa shape index (κ3) is 3.13. The van der Waals surface area contributed by atoms with Gasteiger partial charge in [-0.1, -0.05) is 31.9 Å². The molecule has 2 saturated heterocycles. The van der Waals surface area contributed by atoms with E-state index in [4.69, 9.17) is 0 Å². The first-order valence-corrected chi connectivity index (χ1v) is 12.9. The Bertz CT molecular complexity index is 985. The van der Waals surface area contributed by atoms with Gasteiger partial charge in [0.25, 0.3) is 0 Å². The van der Waals surface area contributed by atoms with E-state index < -0.39 is 0 Å². The van der Waals surface area contributed by atoms with Gasteiger partial charge in [0, 0.05) is 49.2 Å². The maximum Gasteiger partial charge on any atom is 0.234 e. The van der Waals surface area contributed by atoms with E-state index in [1.54, 1.807) is 4.90 Å². The SMILES string of the molecule is CC1=C(C)[C@]2(C)C3C(=O)N(CCCCN4CCN(c5ccc(F)cc5)CC4)C(=O)C3[C@@]1(C)C2C. The summed E-state index contributed by atoms with van der Waals surface area (Å²) in [5, 5.41) is 0. The maximum atomic E-state index is 13.5. The van der Waals surface area contributed by atoms with Crippen LogP contribution < -0.4 is 4.90 Å². The van der Waals surface area contributed by atoms with E-state index in [0.717, 1.165) is 51.3 Å². The summed E-state index contributed by atoms with van der Waals surface area (Å²) in [6, 6.07) is 6.72. The lowest BCUT2D eigenvalue weighted by molar-refractivity contribution is -0.142. The smallest absolute Gasteiger partial charge is 0.234 e. The van der Waals surface area contributed by atoms with Gasteiger partial charge in [0.1, 0.15) is 5.82 Å². The Kier molecular flexibility index (Phi) is 5.66. The molecule has 5 nitrogen and oxygen atoms in total. The molecule has 34 heavy (non-hydrogen) atoms. The Morgan fingerprint density at radius 3 is 1.88 bits per heavy atom. The van der Waals surface area contributed by atoms with Crippen molar-refractivity contribution in [1.82, 2.24) is 9.80 Å². The summed E-state index contributed by atoms with van der Waals surface area (Å²) < 4.78 is 13.2. The van der Waals surface area contributed by atoms with Crippen LogP contribution in [0.25, 0.3) is 0 Å². The topological polar surface area (TPSA) is 43.9 Å². The first kappa shape index (κ1) is 23.5. The molecule has 0 aromatic heterocycles. The molecule has 5 rings (SSSR count). The van der Waals surface area contributed by atoms with E-state index in [2.05, 4.69) is 44.4 Å². The van der Waals surface area contributed by atoms with E-state index in [0.29, 0.717) is 12.5 Å². The highest BCUT2D eigenvalue weighted by molar-refractivity contribution is 6.07. The predicted molar refractivity (Wildman–Crippen MR) is 132 cm³/mol. The fourth-order valence-electron chi connectivity index (χ4n) is 7.73. The molecule has 2 heterocycles. The Morgan fingerprint density at radius 2 is 1.35 bits per heavy atom. The number of benzene rings is 1. The van der Waals surface area contributed by atoms with Crippen molar-refractivity contribution in [2.24, 2.45) is 28.6 Å². The number of amides is 2. The number of imide groups is 1. The second-order valence-electron chi connectivity index (χ2n) is 11.3.